The number of nitrogens with zero attached hydrogens (tertiary/aromatic N) is 10. The van der Waals surface area contributed by atoms with Crippen molar-refractivity contribution in [3.63, 3.8) is 0 Å². The van der Waals surface area contributed by atoms with Crippen molar-refractivity contribution in [2.24, 2.45) is 15.2 Å². The van der Waals surface area contributed by atoms with E-state index in [-0.39, 0.29) is 41.3 Å². The van der Waals surface area contributed by atoms with E-state index in [1.165, 1.54) is 17.4 Å². The van der Waals surface area contributed by atoms with Gasteiger partial charge in [-0.1, -0.05) is 179 Å². The molecular weight excluding hydrogens is 1290 g/mol. The molecule has 0 bridgehead atoms. The second-order valence-electron chi connectivity index (χ2n) is 24.5. The van der Waals surface area contributed by atoms with Crippen LogP contribution in [0.2, 0.25) is 0 Å². The molecule has 6 heterocycles. The second kappa shape index (κ2) is 38.8. The number of nitrogens with one attached hydrogen (secondary N) is 5. The molecule has 536 valence electrons. The minimum absolute atomic E-state index is 0. The Labute approximate surface area is 608 Å². The molecule has 0 saturated heterocycles. The zero-order valence-corrected chi connectivity index (χ0v) is 58.8. The van der Waals surface area contributed by atoms with Crippen molar-refractivity contribution in [3.8, 4) is 28.5 Å². The van der Waals surface area contributed by atoms with Gasteiger partial charge in [0.2, 0.25) is 23.5 Å². The Balaban J connectivity index is 0.000000251. The summed E-state index contributed by atoms with van der Waals surface area (Å²) < 4.78 is 16.1. The highest BCUT2D eigenvalue weighted by molar-refractivity contribution is 6.02. The Bertz CT molecular complexity index is 4490. The molecule has 21 heteroatoms. The van der Waals surface area contributed by atoms with Gasteiger partial charge in [-0.15, -0.1) is 0 Å². The lowest BCUT2D eigenvalue weighted by Crippen LogP contribution is -2.23. The standard InChI is InChI=1S/C22H24N2O3.C21H25N5.C20H22N4O2.C18H16N4O.CH4.3H2/c1-2-26-20-13-11-18(12-14-20)21-15-19(24-27-21)9-6-10-22(25)23-16-17-7-4-3-5-8-17;1-5-25(6-2)19-13-11-18(12-14-19)15-22-26-17(4)23-24-21(26)20-10-8-7-9-16(20)3;1-20(2,3)15-8-6-14(7-9-15)19-23-18(26-24-19)11-10-17(25)22-16-5-4-12-21-13-16;1-13(21-18(23)15-8-5-11-19-12-15)20-17-10-9-16(22-17)14-6-3-2-4-7-14;;;;/h3-5,7-8,11-15H,2,6,9-10,16H2,1H3,(H,23,25);7-15,23H,4-6H2,1-3H3;4-9,12-13H,10-11H2,1-3H3,(H,22,25);2-9,11-12H,1,10H2,(H,20,22)(H,21,23);1H4;3*1H. The molecule has 4 aromatic heterocycles. The van der Waals surface area contributed by atoms with Crippen LogP contribution in [-0.2, 0) is 34.4 Å². The van der Waals surface area contributed by atoms with Gasteiger partial charge < -0.3 is 40.0 Å². The number of benzene rings is 6. The van der Waals surface area contributed by atoms with E-state index in [1.807, 2.05) is 134 Å². The van der Waals surface area contributed by atoms with Gasteiger partial charge >= 0.3 is 0 Å². The monoisotopic (exact) mass is 1390 g/mol. The first kappa shape index (κ1) is 76.4. The van der Waals surface area contributed by atoms with Crippen LogP contribution in [0.3, 0.4) is 0 Å². The van der Waals surface area contributed by atoms with Gasteiger partial charge in [-0.25, -0.2) is 4.99 Å². The van der Waals surface area contributed by atoms with Crippen LogP contribution in [0.15, 0.2) is 268 Å². The number of hydrogen-bond donors (Lipinski definition) is 5. The molecule has 10 aromatic rings. The third kappa shape index (κ3) is 23.6. The average Bonchev–Trinajstić information content (AvgIpc) is 1.60. The van der Waals surface area contributed by atoms with Crippen molar-refractivity contribution in [2.75, 3.05) is 29.9 Å². The quantitative estimate of drug-likeness (QED) is 0.0353. The Kier molecular flexibility index (Phi) is 28.8. The highest BCUT2D eigenvalue weighted by atomic mass is 16.5. The number of carbonyl (C=O) groups excluding carboxylic acids is 3. The molecule has 0 radical (unpaired) electrons. The number of hydrogen-bond acceptors (Lipinski definition) is 17. The van der Waals surface area contributed by atoms with Crippen LogP contribution >= 0.6 is 0 Å². The first-order valence-electron chi connectivity index (χ1n) is 33.9. The largest absolute Gasteiger partial charge is 0.494 e. The Morgan fingerprint density at radius 1 is 0.748 bits per heavy atom. The lowest BCUT2D eigenvalue weighted by Gasteiger charge is -2.20. The summed E-state index contributed by atoms with van der Waals surface area (Å²) in [6.45, 7) is 25.8. The van der Waals surface area contributed by atoms with E-state index < -0.39 is 0 Å². The number of aryl methyl sites for hydroxylation is 3. The maximum Gasteiger partial charge on any atom is 0.258 e. The molecule has 103 heavy (non-hydrogen) atoms. The average molecular weight is 1390 g/mol. The van der Waals surface area contributed by atoms with Crippen molar-refractivity contribution < 1.29 is 32.4 Å². The zero-order valence-electron chi connectivity index (χ0n) is 58.8. The summed E-state index contributed by atoms with van der Waals surface area (Å²) in [5, 5.41) is 30.4. The number of amides is 3. The Hall–Kier alpha value is -12.4. The van der Waals surface area contributed by atoms with Crippen LogP contribution in [-0.4, -0.2) is 85.6 Å². The predicted molar refractivity (Wildman–Crippen MR) is 417 cm³/mol. The van der Waals surface area contributed by atoms with Gasteiger partial charge in [-0.2, -0.15) is 20.2 Å². The number of rotatable bonds is 24. The van der Waals surface area contributed by atoms with E-state index in [2.05, 4.69) is 175 Å². The first-order valence-corrected chi connectivity index (χ1v) is 33.9. The fourth-order valence-corrected chi connectivity index (χ4v) is 10.4. The van der Waals surface area contributed by atoms with E-state index >= 15 is 0 Å². The maximum atomic E-state index is 12.0. The van der Waals surface area contributed by atoms with Gasteiger partial charge in [0.25, 0.3) is 5.91 Å². The molecular formula is C82H97N15O6. The van der Waals surface area contributed by atoms with Gasteiger partial charge in [0.15, 0.2) is 11.6 Å². The van der Waals surface area contributed by atoms with E-state index in [9.17, 15) is 14.4 Å². The smallest absolute Gasteiger partial charge is 0.258 e. The summed E-state index contributed by atoms with van der Waals surface area (Å²) in [4.78, 5) is 54.8. The number of ether oxygens (including phenoxy) is 1. The summed E-state index contributed by atoms with van der Waals surface area (Å²) >= 11 is 0. The highest BCUT2D eigenvalue weighted by Gasteiger charge is 2.24. The lowest BCUT2D eigenvalue weighted by atomic mass is 9.87. The van der Waals surface area contributed by atoms with Gasteiger partial charge in [0.1, 0.15) is 23.2 Å². The molecule has 2 aliphatic rings. The summed E-state index contributed by atoms with van der Waals surface area (Å²) in [6, 6.07) is 61.2. The van der Waals surface area contributed by atoms with Gasteiger partial charge in [-0.3, -0.25) is 29.8 Å². The number of aliphatic imine (C=N–C) groups is 1. The third-order valence-electron chi connectivity index (χ3n) is 16.0. The molecule has 0 spiro atoms. The third-order valence-corrected chi connectivity index (χ3v) is 16.0. The number of hydrazone groups is 2. The second-order valence-corrected chi connectivity index (χ2v) is 24.5. The van der Waals surface area contributed by atoms with Crippen molar-refractivity contribution in [1.29, 1.82) is 0 Å². The molecule has 0 atom stereocenters. The maximum absolute atomic E-state index is 12.0. The van der Waals surface area contributed by atoms with Crippen LogP contribution in [0.25, 0.3) is 28.4 Å². The summed E-state index contributed by atoms with van der Waals surface area (Å²) in [6.07, 6.45) is 13.5. The molecule has 0 unspecified atom stereocenters. The van der Waals surface area contributed by atoms with Crippen molar-refractivity contribution in [2.45, 2.75) is 106 Å². The van der Waals surface area contributed by atoms with Gasteiger partial charge in [0, 0.05) is 102 Å². The molecule has 0 saturated carbocycles. The molecule has 3 amide bonds. The molecule has 2 aliphatic heterocycles. The van der Waals surface area contributed by atoms with Crippen molar-refractivity contribution in [1.82, 2.24) is 51.7 Å². The number of pyridine rings is 2. The Morgan fingerprint density at radius 3 is 2.11 bits per heavy atom. The summed E-state index contributed by atoms with van der Waals surface area (Å²) in [7, 11) is 0. The van der Waals surface area contributed by atoms with E-state index in [1.54, 1.807) is 47.9 Å². The van der Waals surface area contributed by atoms with Crippen LogP contribution in [0.5, 0.6) is 5.75 Å². The van der Waals surface area contributed by atoms with Gasteiger partial charge in [-0.05, 0) is 134 Å². The molecule has 5 N–H and O–H groups in total. The van der Waals surface area contributed by atoms with Crippen LogP contribution in [0, 0.1) is 6.92 Å². The number of carbonyl (C=O) groups is 3. The topological polar surface area (TPSA) is 255 Å². The van der Waals surface area contributed by atoms with Crippen LogP contribution < -0.4 is 36.3 Å². The highest BCUT2D eigenvalue weighted by Crippen LogP contribution is 2.27. The molecule has 0 aliphatic carbocycles. The molecule has 21 nitrogen and oxygen atoms in total. The Morgan fingerprint density at radius 2 is 1.44 bits per heavy atom. The minimum atomic E-state index is -0.276. The molecule has 0 fully saturated rings. The normalized spacial score (nSPS) is 12.5. The van der Waals surface area contributed by atoms with Gasteiger partial charge in [0.05, 0.1) is 36.0 Å². The summed E-state index contributed by atoms with van der Waals surface area (Å²) in [5.74, 6) is 4.63. The SMILES string of the molecule is C.C=C(N=C1CC=C(c2ccccc2)N1)NC(=O)c1cccnc1.C=C1NN=C(c2ccccc2C)N1N=Cc1ccc(N(CC)CC)cc1.CC(C)(C)c1ccc(-c2noc(CCC(=O)Nc3cccnc3)n2)cc1.CCOc1ccc(-c2cc(CCCC(=O)NCc3ccccc3)no2)cc1.[HH].[HH].[HH]. The number of aromatic nitrogens is 5. The van der Waals surface area contributed by atoms with Crippen molar-refractivity contribution in [3.05, 3.63) is 294 Å². The fraction of sp³-hybridized carbons (Fsp3) is 0.232. The van der Waals surface area contributed by atoms with Crippen LogP contribution in [0.1, 0.15) is 134 Å². The number of amidine groups is 2. The minimum Gasteiger partial charge on any atom is -0.494 e. The van der Waals surface area contributed by atoms with E-state index in [0.717, 1.165) is 93.0 Å². The van der Waals surface area contributed by atoms with Crippen molar-refractivity contribution >= 4 is 52.7 Å². The first-order chi connectivity index (χ1) is 49.5. The fourth-order valence-electron chi connectivity index (χ4n) is 10.4. The number of anilines is 2. The molecule has 12 rings (SSSR count). The summed E-state index contributed by atoms with van der Waals surface area (Å²) in [5.41, 5.74) is 15.8. The predicted octanol–water partition coefficient (Wildman–Crippen LogP) is 16.4. The molecule has 6 aromatic carbocycles. The zero-order chi connectivity index (χ0) is 72.1. The lowest BCUT2D eigenvalue weighted by molar-refractivity contribution is -0.121. The van der Waals surface area contributed by atoms with Crippen LogP contribution in [0.4, 0.5) is 11.4 Å². The van der Waals surface area contributed by atoms with E-state index in [4.69, 9.17) is 13.8 Å². The van der Waals surface area contributed by atoms with E-state index in [0.29, 0.717) is 73.4 Å².